The van der Waals surface area contributed by atoms with E-state index in [1.54, 1.807) is 0 Å². The van der Waals surface area contributed by atoms with Crippen LogP contribution in [-0.4, -0.2) is 183 Å². The van der Waals surface area contributed by atoms with E-state index < -0.39 is 168 Å². The fourth-order valence-electron chi connectivity index (χ4n) is 7.17. The summed E-state index contributed by atoms with van der Waals surface area (Å²) in [6, 6.07) is 8.59. The zero-order valence-electron chi connectivity index (χ0n) is 33.3. The number of phenolic OH excluding ortho intramolecular Hbond substituents is 5. The van der Waals surface area contributed by atoms with Crippen LogP contribution in [0.15, 0.2) is 63.8 Å². The number of aliphatic hydroxyl groups excluding tert-OH is 9. The molecule has 0 spiro atoms. The Bertz CT molecular complexity index is 2440. The highest BCUT2D eigenvalue weighted by molar-refractivity contribution is 5.89. The SMILES string of the molecule is O=C(/C=C/c1ccc(O)c(O)c1)O[C@@H]1[C@H](O)[C@@H](O[C@@H]2OC[C@H](O)[C@H](O)[C@H]2O)[C@H](Oc2c(-c3ccc(O)c(O)c3)oc3cc(O[C@@H]4O[C@H](CO)[C@@H](O)[C@H](O)[C@H]4O)cc(O)c3c2=O)O[C@@H]1CO. The van der Waals surface area contributed by atoms with Gasteiger partial charge in [0, 0.05) is 23.8 Å². The number of ether oxygens (including phenoxy) is 7. The van der Waals surface area contributed by atoms with E-state index in [2.05, 4.69) is 0 Å². The summed E-state index contributed by atoms with van der Waals surface area (Å²) in [6.45, 7) is -2.40. The number of hydrogen-bond donors (Lipinski definition) is 14. The highest BCUT2D eigenvalue weighted by Crippen LogP contribution is 2.41. The molecule has 0 saturated carbocycles. The molecule has 3 aliphatic rings. The Hall–Kier alpha value is -5.84. The summed E-state index contributed by atoms with van der Waals surface area (Å²) in [6.07, 6.45) is -23.6. The van der Waals surface area contributed by atoms with Gasteiger partial charge in [-0.2, -0.15) is 0 Å². The summed E-state index contributed by atoms with van der Waals surface area (Å²) < 4.78 is 45.6. The molecule has 0 unspecified atom stereocenters. The van der Waals surface area contributed by atoms with Crippen LogP contribution in [0.4, 0.5) is 0 Å². The van der Waals surface area contributed by atoms with Crippen molar-refractivity contribution in [2.24, 2.45) is 0 Å². The smallest absolute Gasteiger partial charge is 0.331 e. The van der Waals surface area contributed by atoms with E-state index in [4.69, 9.17) is 37.6 Å². The van der Waals surface area contributed by atoms with Gasteiger partial charge in [-0.15, -0.1) is 0 Å². The molecule has 65 heavy (non-hydrogen) atoms. The Kier molecular flexibility index (Phi) is 14.0. The first-order valence-corrected chi connectivity index (χ1v) is 19.6. The normalized spacial score (nSPS) is 31.8. The van der Waals surface area contributed by atoms with Crippen LogP contribution in [0.3, 0.4) is 0 Å². The average molecular weight is 921 g/mol. The van der Waals surface area contributed by atoms with E-state index in [0.29, 0.717) is 0 Å². The third-order valence-electron chi connectivity index (χ3n) is 10.7. The maximum absolute atomic E-state index is 14.5. The van der Waals surface area contributed by atoms with Gasteiger partial charge in [-0.1, -0.05) is 6.07 Å². The first-order valence-electron chi connectivity index (χ1n) is 19.6. The van der Waals surface area contributed by atoms with Gasteiger partial charge in [-0.25, -0.2) is 4.79 Å². The van der Waals surface area contributed by atoms with Crippen molar-refractivity contribution in [1.82, 2.24) is 0 Å². The summed E-state index contributed by atoms with van der Waals surface area (Å²) in [7, 11) is 0. The largest absolute Gasteiger partial charge is 0.507 e. The minimum atomic E-state index is -2.12. The lowest BCUT2D eigenvalue weighted by atomic mass is 9.98. The molecule has 4 heterocycles. The lowest BCUT2D eigenvalue weighted by Gasteiger charge is -2.45. The Balaban J connectivity index is 1.27. The van der Waals surface area contributed by atoms with Gasteiger partial charge in [0.15, 0.2) is 47.3 Å². The fraction of sp³-hybridized carbons (Fsp3) is 0.415. The molecule has 0 radical (unpaired) electrons. The summed E-state index contributed by atoms with van der Waals surface area (Å²) in [5.74, 6) is -6.08. The van der Waals surface area contributed by atoms with Crippen molar-refractivity contribution in [3.8, 4) is 51.6 Å². The highest BCUT2D eigenvalue weighted by atomic mass is 16.8. The molecule has 352 valence electrons. The van der Waals surface area contributed by atoms with Crippen LogP contribution < -0.4 is 14.9 Å². The van der Waals surface area contributed by atoms with E-state index in [0.717, 1.165) is 48.5 Å². The minimum Gasteiger partial charge on any atom is -0.507 e. The number of hydrogen-bond acceptors (Lipinski definition) is 24. The van der Waals surface area contributed by atoms with Gasteiger partial charge in [-0.3, -0.25) is 4.79 Å². The number of aliphatic hydroxyl groups is 9. The van der Waals surface area contributed by atoms with Gasteiger partial charge in [-0.05, 0) is 42.0 Å². The third-order valence-corrected chi connectivity index (χ3v) is 10.7. The van der Waals surface area contributed by atoms with Crippen LogP contribution in [0.1, 0.15) is 5.56 Å². The summed E-state index contributed by atoms with van der Waals surface area (Å²) in [5.41, 5.74) is -1.63. The van der Waals surface area contributed by atoms with Crippen molar-refractivity contribution in [1.29, 1.82) is 0 Å². The number of carbonyl (C=O) groups is 1. The van der Waals surface area contributed by atoms with Crippen LogP contribution in [-0.2, 0) is 28.5 Å². The summed E-state index contributed by atoms with van der Waals surface area (Å²) >= 11 is 0. The van der Waals surface area contributed by atoms with Crippen LogP contribution in [0.25, 0.3) is 28.4 Å². The zero-order valence-corrected chi connectivity index (χ0v) is 33.3. The second-order valence-corrected chi connectivity index (χ2v) is 15.1. The topological polar surface area (TPSA) is 395 Å². The van der Waals surface area contributed by atoms with Crippen molar-refractivity contribution in [2.45, 2.75) is 86.0 Å². The number of carbonyl (C=O) groups excluding carboxylic acids is 1. The number of phenols is 5. The van der Waals surface area contributed by atoms with E-state index >= 15 is 0 Å². The Morgan fingerprint density at radius 2 is 1.32 bits per heavy atom. The molecule has 24 nitrogen and oxygen atoms in total. The predicted octanol–water partition coefficient (Wildman–Crippen LogP) is -2.93. The molecule has 4 aromatic rings. The molecule has 1 aromatic heterocycles. The number of rotatable bonds is 12. The van der Waals surface area contributed by atoms with Crippen molar-refractivity contribution < 1.29 is 114 Å². The molecular weight excluding hydrogens is 876 g/mol. The number of aromatic hydroxyl groups is 5. The monoisotopic (exact) mass is 920 g/mol. The molecule has 3 aliphatic heterocycles. The van der Waals surface area contributed by atoms with Crippen LogP contribution >= 0.6 is 0 Å². The van der Waals surface area contributed by atoms with Crippen LogP contribution in [0.5, 0.6) is 40.2 Å². The second-order valence-electron chi connectivity index (χ2n) is 15.1. The van der Waals surface area contributed by atoms with Gasteiger partial charge in [0.1, 0.15) is 77.4 Å². The van der Waals surface area contributed by atoms with Crippen molar-refractivity contribution in [3.63, 3.8) is 0 Å². The Morgan fingerprint density at radius 3 is 2.00 bits per heavy atom. The number of fused-ring (bicyclic) bond motifs is 1. The van der Waals surface area contributed by atoms with E-state index in [1.165, 1.54) is 12.1 Å². The maximum atomic E-state index is 14.5. The lowest BCUT2D eigenvalue weighted by Crippen LogP contribution is -2.64. The Labute approximate surface area is 364 Å². The van der Waals surface area contributed by atoms with Crippen molar-refractivity contribution >= 4 is 23.0 Å². The van der Waals surface area contributed by atoms with Crippen molar-refractivity contribution in [2.75, 3.05) is 19.8 Å². The molecule has 3 saturated heterocycles. The first-order chi connectivity index (χ1) is 30.9. The maximum Gasteiger partial charge on any atom is 0.331 e. The molecule has 3 fully saturated rings. The van der Waals surface area contributed by atoms with Crippen LogP contribution in [0, 0.1) is 0 Å². The standard InChI is InChI=1S/C41H44O24/c42-11-24-29(52)31(54)33(56)40(61-24)59-16-9-21(48)27-23(10-16)60-35(15-3-5-18(45)20(47)8-15)37(30(27)53)64-41-38(65-39-32(55)28(51)22(49)13-58-39)34(57)36(25(12-43)62-41)63-26(50)6-2-14-1-4-17(44)19(46)7-14/h1-10,22,24-25,28-29,31-34,36,38-49,51-52,54-57H,11-13H2/b6-2+/t22-,24+,25+,28-,29+,31-,32+,33+,34-,36-,38+,39-,40+,41-/m0/s1. The molecule has 0 aliphatic carbocycles. The summed E-state index contributed by atoms with van der Waals surface area (Å²) in [5, 5.41) is 144. The third kappa shape index (κ3) is 9.61. The molecule has 14 N–H and O–H groups in total. The molecule has 3 aromatic carbocycles. The lowest BCUT2D eigenvalue weighted by molar-refractivity contribution is -0.345. The van der Waals surface area contributed by atoms with Crippen molar-refractivity contribution in [3.05, 3.63) is 70.4 Å². The second kappa shape index (κ2) is 19.3. The van der Waals surface area contributed by atoms with E-state index in [-0.39, 0.29) is 16.9 Å². The Morgan fingerprint density at radius 1 is 0.662 bits per heavy atom. The van der Waals surface area contributed by atoms with E-state index in [1.807, 2.05) is 0 Å². The fourth-order valence-corrected chi connectivity index (χ4v) is 7.17. The van der Waals surface area contributed by atoms with Gasteiger partial charge >= 0.3 is 5.97 Å². The van der Waals surface area contributed by atoms with Gasteiger partial charge < -0.3 is 109 Å². The molecule has 14 atom stereocenters. The van der Waals surface area contributed by atoms with Gasteiger partial charge in [0.2, 0.25) is 23.8 Å². The predicted molar refractivity (Wildman–Crippen MR) is 211 cm³/mol. The number of esters is 1. The van der Waals surface area contributed by atoms with E-state index in [9.17, 15) is 81.1 Å². The minimum absolute atomic E-state index is 0.190. The van der Waals surface area contributed by atoms with Gasteiger partial charge in [0.05, 0.1) is 19.8 Å². The highest BCUT2D eigenvalue weighted by Gasteiger charge is 2.52. The molecule has 0 bridgehead atoms. The molecule has 24 heteroatoms. The molecular formula is C41H44O24. The summed E-state index contributed by atoms with van der Waals surface area (Å²) in [4.78, 5) is 27.6. The average Bonchev–Trinajstić information content (AvgIpc) is 3.27. The molecule has 0 amide bonds. The molecule has 7 rings (SSSR count). The zero-order chi connectivity index (χ0) is 47.0. The number of benzene rings is 3. The van der Waals surface area contributed by atoms with Gasteiger partial charge in [0.25, 0.3) is 0 Å². The van der Waals surface area contributed by atoms with Crippen LogP contribution in [0.2, 0.25) is 0 Å². The quantitative estimate of drug-likeness (QED) is 0.0384. The first kappa shape index (κ1) is 47.1.